The van der Waals surface area contributed by atoms with Crippen molar-refractivity contribution in [3.63, 3.8) is 0 Å². The molecule has 6 heteroatoms. The zero-order valence-corrected chi connectivity index (χ0v) is 13.6. The van der Waals surface area contributed by atoms with Crippen molar-refractivity contribution in [1.29, 1.82) is 0 Å². The maximum atomic E-state index is 9.32. The van der Waals surface area contributed by atoms with Gasteiger partial charge in [-0.2, -0.15) is 0 Å². The highest BCUT2D eigenvalue weighted by atomic mass is 79.9. The highest BCUT2D eigenvalue weighted by Gasteiger charge is 1.99. The molecule has 0 aliphatic carbocycles. The molecule has 0 spiro atoms. The van der Waals surface area contributed by atoms with Crippen molar-refractivity contribution in [2.24, 2.45) is 0 Å². The van der Waals surface area contributed by atoms with E-state index in [0.717, 1.165) is 0 Å². The van der Waals surface area contributed by atoms with E-state index in [1.54, 1.807) is 0 Å². The van der Waals surface area contributed by atoms with E-state index in [-0.39, 0.29) is 5.33 Å². The third-order valence-corrected chi connectivity index (χ3v) is 1.82. The van der Waals surface area contributed by atoms with Gasteiger partial charge in [-0.25, -0.2) is 9.15 Å². The predicted octanol–water partition coefficient (Wildman–Crippen LogP) is 0.584. The second-order valence-electron chi connectivity index (χ2n) is 4.31. The van der Waals surface area contributed by atoms with E-state index in [2.05, 4.69) is 34.6 Å². The third kappa shape index (κ3) is 17.2. The molecule has 0 unspecified atom stereocenters. The van der Waals surface area contributed by atoms with Crippen molar-refractivity contribution in [1.82, 2.24) is 4.90 Å². The van der Waals surface area contributed by atoms with E-state index in [1.165, 1.54) is 5.57 Å². The number of hydrogen-bond acceptors (Lipinski definition) is 2. The van der Waals surface area contributed by atoms with Crippen molar-refractivity contribution < 1.29 is 19.1 Å². The van der Waals surface area contributed by atoms with Crippen LogP contribution in [-0.2, 0) is 4.79 Å². The standard InChI is InChI=1S/C10H21N3.C2H3BrO2/c1-11(2)7-10(8-12(3)4)9-13(5)6;3-1-2(4)5/h7-9H,1-6H3;1H2,(H,4,5)/q+2;. The van der Waals surface area contributed by atoms with Crippen LogP contribution in [-0.4, -0.2) is 85.2 Å². The van der Waals surface area contributed by atoms with Crippen LogP contribution in [0.5, 0.6) is 0 Å². The van der Waals surface area contributed by atoms with E-state index in [9.17, 15) is 4.79 Å². The van der Waals surface area contributed by atoms with Gasteiger partial charge in [-0.15, -0.1) is 0 Å². The molecule has 104 valence electrons. The van der Waals surface area contributed by atoms with Crippen molar-refractivity contribution >= 4 is 34.3 Å². The first-order valence-corrected chi connectivity index (χ1v) is 6.49. The Morgan fingerprint density at radius 1 is 1.17 bits per heavy atom. The van der Waals surface area contributed by atoms with Gasteiger partial charge < -0.3 is 10.0 Å². The van der Waals surface area contributed by atoms with Gasteiger partial charge in [-0.3, -0.25) is 4.79 Å². The maximum Gasteiger partial charge on any atom is 0.314 e. The second-order valence-corrected chi connectivity index (χ2v) is 4.87. The molecule has 0 aromatic carbocycles. The molecular formula is C12H24BrN3O2+2. The van der Waals surface area contributed by atoms with E-state index in [4.69, 9.17) is 5.11 Å². The molecule has 0 fully saturated rings. The van der Waals surface area contributed by atoms with Gasteiger partial charge in [-0.1, -0.05) is 15.9 Å². The molecule has 0 aromatic rings. The molecule has 0 bridgehead atoms. The number of rotatable bonds is 4. The number of halogens is 1. The fourth-order valence-corrected chi connectivity index (χ4v) is 0.994. The molecule has 0 aromatic heterocycles. The number of alkyl halides is 1. The molecule has 0 atom stereocenters. The van der Waals surface area contributed by atoms with Gasteiger partial charge in [0.1, 0.15) is 39.1 Å². The summed E-state index contributed by atoms with van der Waals surface area (Å²) in [6, 6.07) is 0. The zero-order chi connectivity index (χ0) is 14.7. The number of nitrogens with zero attached hydrogens (tertiary/aromatic N) is 3. The Morgan fingerprint density at radius 2 is 1.50 bits per heavy atom. The monoisotopic (exact) mass is 321 g/mol. The highest BCUT2D eigenvalue weighted by molar-refractivity contribution is 9.09. The van der Waals surface area contributed by atoms with Crippen molar-refractivity contribution in [3.8, 4) is 0 Å². The summed E-state index contributed by atoms with van der Waals surface area (Å²) in [6.07, 6.45) is 6.25. The largest absolute Gasteiger partial charge is 0.481 e. The molecule has 0 radical (unpaired) electrons. The first-order valence-electron chi connectivity index (χ1n) is 5.37. The molecule has 0 aliphatic rings. The van der Waals surface area contributed by atoms with Crippen LogP contribution in [0.25, 0.3) is 0 Å². The van der Waals surface area contributed by atoms with Gasteiger partial charge >= 0.3 is 5.97 Å². The highest BCUT2D eigenvalue weighted by Crippen LogP contribution is 1.87. The summed E-state index contributed by atoms with van der Waals surface area (Å²) < 4.78 is 4.07. The second kappa shape index (κ2) is 11.0. The van der Waals surface area contributed by atoms with E-state index in [1.807, 2.05) is 56.3 Å². The Hall–Kier alpha value is -1.17. The Balaban J connectivity index is 0. The molecule has 0 saturated heterocycles. The van der Waals surface area contributed by atoms with Crippen LogP contribution in [0.1, 0.15) is 0 Å². The first-order chi connectivity index (χ1) is 8.18. The Labute approximate surface area is 118 Å². The fourth-order valence-electron chi connectivity index (χ4n) is 0.994. The Morgan fingerprint density at radius 3 is 1.67 bits per heavy atom. The fraction of sp³-hybridized carbons (Fsp3) is 0.583. The van der Waals surface area contributed by atoms with Crippen LogP contribution in [0.3, 0.4) is 0 Å². The van der Waals surface area contributed by atoms with Crippen LogP contribution >= 0.6 is 15.9 Å². The summed E-state index contributed by atoms with van der Waals surface area (Å²) in [5.41, 5.74) is 1.18. The van der Waals surface area contributed by atoms with E-state index < -0.39 is 5.97 Å². The average molecular weight is 322 g/mol. The summed E-state index contributed by atoms with van der Waals surface area (Å²) in [5, 5.41) is 7.71. The maximum absolute atomic E-state index is 9.32. The summed E-state index contributed by atoms with van der Waals surface area (Å²) >= 11 is 2.71. The Kier molecular flexibility index (Phi) is 11.7. The predicted molar refractivity (Wildman–Crippen MR) is 79.5 cm³/mol. The number of allylic oxidation sites excluding steroid dienone is 1. The van der Waals surface area contributed by atoms with Crippen LogP contribution in [0.4, 0.5) is 0 Å². The third-order valence-electron chi connectivity index (χ3n) is 1.34. The summed E-state index contributed by atoms with van der Waals surface area (Å²) in [5.74, 6) is -0.829. The normalized spacial score (nSPS) is 8.39. The lowest BCUT2D eigenvalue weighted by Gasteiger charge is -2.03. The molecule has 0 aliphatic heterocycles. The lowest BCUT2D eigenvalue weighted by atomic mass is 10.3. The van der Waals surface area contributed by atoms with Gasteiger partial charge in [0, 0.05) is 20.3 Å². The average Bonchev–Trinajstić information content (AvgIpc) is 2.14. The number of carboxylic acid groups (broad SMARTS) is 1. The SMILES string of the molecule is CN(C)C=C(C=[N+](C)C)C=[N+](C)C.O=C(O)CBr. The van der Waals surface area contributed by atoms with Gasteiger partial charge in [-0.05, 0) is 0 Å². The molecule has 0 heterocycles. The lowest BCUT2D eigenvalue weighted by Crippen LogP contribution is -2.11. The van der Waals surface area contributed by atoms with Gasteiger partial charge in [0.2, 0.25) is 0 Å². The quantitative estimate of drug-likeness (QED) is 0.468. The molecule has 0 amide bonds. The van der Waals surface area contributed by atoms with Gasteiger partial charge in [0.15, 0.2) is 12.4 Å². The zero-order valence-electron chi connectivity index (χ0n) is 12.0. The minimum atomic E-state index is -0.829. The van der Waals surface area contributed by atoms with Crippen LogP contribution in [0, 0.1) is 0 Å². The van der Waals surface area contributed by atoms with E-state index >= 15 is 0 Å². The minimum absolute atomic E-state index is 0.0347. The molecule has 18 heavy (non-hydrogen) atoms. The molecule has 5 nitrogen and oxygen atoms in total. The van der Waals surface area contributed by atoms with E-state index in [0.29, 0.717) is 0 Å². The summed E-state index contributed by atoms with van der Waals surface area (Å²) in [7, 11) is 12.1. The number of aliphatic carboxylic acids is 1. The van der Waals surface area contributed by atoms with Crippen LogP contribution < -0.4 is 0 Å². The van der Waals surface area contributed by atoms with Crippen molar-refractivity contribution in [2.75, 3.05) is 47.6 Å². The Bertz CT molecular complexity index is 319. The first kappa shape index (κ1) is 19.2. The summed E-state index contributed by atoms with van der Waals surface area (Å²) in [4.78, 5) is 11.4. The van der Waals surface area contributed by atoms with Crippen molar-refractivity contribution in [3.05, 3.63) is 11.8 Å². The van der Waals surface area contributed by atoms with Crippen LogP contribution in [0.15, 0.2) is 11.8 Å². The topological polar surface area (TPSA) is 46.6 Å². The minimum Gasteiger partial charge on any atom is -0.481 e. The van der Waals surface area contributed by atoms with Gasteiger partial charge in [0.05, 0.1) is 0 Å². The number of carbonyl (C=O) groups is 1. The summed E-state index contributed by atoms with van der Waals surface area (Å²) in [6.45, 7) is 0. The smallest absolute Gasteiger partial charge is 0.314 e. The number of carboxylic acids is 1. The van der Waals surface area contributed by atoms with Crippen molar-refractivity contribution in [2.45, 2.75) is 0 Å². The van der Waals surface area contributed by atoms with Crippen LogP contribution in [0.2, 0.25) is 0 Å². The molecule has 1 N–H and O–H groups in total. The molecular weight excluding hydrogens is 298 g/mol. The molecule has 0 rings (SSSR count). The number of hydrogen-bond donors (Lipinski definition) is 1. The van der Waals surface area contributed by atoms with Gasteiger partial charge in [0.25, 0.3) is 0 Å². The lowest BCUT2D eigenvalue weighted by molar-refractivity contribution is -0.462. The molecule has 0 saturated carbocycles.